The lowest BCUT2D eigenvalue weighted by Crippen LogP contribution is -2.37. The summed E-state index contributed by atoms with van der Waals surface area (Å²) >= 11 is 0. The van der Waals surface area contributed by atoms with Crippen LogP contribution in [0.25, 0.3) is 0 Å². The Bertz CT molecular complexity index is 381. The van der Waals surface area contributed by atoms with Gasteiger partial charge in [-0.05, 0) is 31.2 Å². The number of aliphatic hydroxyl groups is 2. The molecule has 18 heavy (non-hydrogen) atoms. The molecule has 0 aliphatic carbocycles. The Hall–Kier alpha value is -1.06. The van der Waals surface area contributed by atoms with Crippen molar-refractivity contribution >= 4 is 5.69 Å². The second kappa shape index (κ2) is 6.21. The Kier molecular flexibility index (Phi) is 4.61. The number of benzene rings is 1. The molecule has 2 atom stereocenters. The maximum Gasteiger partial charge on any atom is 0.0807 e. The third-order valence-corrected chi connectivity index (χ3v) is 3.80. The summed E-state index contributed by atoms with van der Waals surface area (Å²) in [4.78, 5) is 2.30. The monoisotopic (exact) mass is 249 g/mol. The second-order valence-corrected chi connectivity index (χ2v) is 5.12. The van der Waals surface area contributed by atoms with Crippen molar-refractivity contribution in [2.24, 2.45) is 5.92 Å². The van der Waals surface area contributed by atoms with Crippen LogP contribution in [0.2, 0.25) is 0 Å². The van der Waals surface area contributed by atoms with Gasteiger partial charge in [-0.1, -0.05) is 25.1 Å². The summed E-state index contributed by atoms with van der Waals surface area (Å²) in [6, 6.07) is 8.08. The third-order valence-electron chi connectivity index (χ3n) is 3.80. The highest BCUT2D eigenvalue weighted by Gasteiger charge is 2.22. The molecule has 1 aromatic rings. The smallest absolute Gasteiger partial charge is 0.0807 e. The van der Waals surface area contributed by atoms with Gasteiger partial charge in [-0.15, -0.1) is 0 Å². The number of nitrogens with zero attached hydrogens (tertiary/aromatic N) is 1. The van der Waals surface area contributed by atoms with E-state index < -0.39 is 6.10 Å². The molecule has 3 heteroatoms. The van der Waals surface area contributed by atoms with Gasteiger partial charge in [0.2, 0.25) is 0 Å². The van der Waals surface area contributed by atoms with Crippen LogP contribution in [0.1, 0.15) is 37.9 Å². The zero-order valence-corrected chi connectivity index (χ0v) is 11.0. The molecule has 0 bridgehead atoms. The number of piperidine rings is 1. The minimum absolute atomic E-state index is 0.259. The topological polar surface area (TPSA) is 43.7 Å². The zero-order chi connectivity index (χ0) is 13.0. The molecule has 0 amide bonds. The van der Waals surface area contributed by atoms with Crippen molar-refractivity contribution in [3.8, 4) is 0 Å². The van der Waals surface area contributed by atoms with E-state index >= 15 is 0 Å². The van der Waals surface area contributed by atoms with Gasteiger partial charge in [-0.25, -0.2) is 0 Å². The first-order chi connectivity index (χ1) is 8.76. The molecule has 3 nitrogen and oxygen atoms in total. The summed E-state index contributed by atoms with van der Waals surface area (Å²) in [6.07, 6.45) is 2.55. The van der Waals surface area contributed by atoms with E-state index in [-0.39, 0.29) is 6.61 Å². The van der Waals surface area contributed by atoms with Crippen LogP contribution in [-0.4, -0.2) is 29.9 Å². The van der Waals surface area contributed by atoms with Gasteiger partial charge >= 0.3 is 0 Å². The van der Waals surface area contributed by atoms with Crippen LogP contribution in [0.3, 0.4) is 0 Å². The molecule has 1 aromatic carbocycles. The second-order valence-electron chi connectivity index (χ2n) is 5.12. The van der Waals surface area contributed by atoms with Crippen LogP contribution in [0.4, 0.5) is 5.69 Å². The van der Waals surface area contributed by atoms with Crippen LogP contribution in [-0.2, 0) is 0 Å². The zero-order valence-electron chi connectivity index (χ0n) is 11.0. The van der Waals surface area contributed by atoms with Crippen LogP contribution in [0.5, 0.6) is 0 Å². The predicted octanol–water partition coefficient (Wildman–Crippen LogP) is 2.34. The predicted molar refractivity (Wildman–Crippen MR) is 73.7 cm³/mol. The van der Waals surface area contributed by atoms with Gasteiger partial charge in [0.05, 0.1) is 6.10 Å². The van der Waals surface area contributed by atoms with Crippen LogP contribution < -0.4 is 4.90 Å². The lowest BCUT2D eigenvalue weighted by atomic mass is 9.96. The van der Waals surface area contributed by atoms with E-state index in [9.17, 15) is 10.2 Å². The lowest BCUT2D eigenvalue weighted by Gasteiger charge is -2.35. The molecule has 2 rings (SSSR count). The van der Waals surface area contributed by atoms with Gasteiger partial charge in [-0.2, -0.15) is 0 Å². The van der Waals surface area contributed by atoms with Crippen LogP contribution >= 0.6 is 0 Å². The largest absolute Gasteiger partial charge is 0.396 e. The van der Waals surface area contributed by atoms with Crippen molar-refractivity contribution < 1.29 is 10.2 Å². The first-order valence-electron chi connectivity index (χ1n) is 6.89. The summed E-state index contributed by atoms with van der Waals surface area (Å²) < 4.78 is 0. The van der Waals surface area contributed by atoms with Gasteiger partial charge in [-0.3, -0.25) is 0 Å². The Morgan fingerprint density at radius 1 is 1.39 bits per heavy atom. The number of hydrogen-bond acceptors (Lipinski definition) is 3. The van der Waals surface area contributed by atoms with E-state index in [0.717, 1.165) is 43.6 Å². The summed E-state index contributed by atoms with van der Waals surface area (Å²) in [5.74, 6) is 0.366. The highest BCUT2D eigenvalue weighted by atomic mass is 16.3. The summed E-state index contributed by atoms with van der Waals surface area (Å²) in [5, 5.41) is 19.4. The van der Waals surface area contributed by atoms with Gasteiger partial charge < -0.3 is 15.1 Å². The Morgan fingerprint density at radius 2 is 2.17 bits per heavy atom. The van der Waals surface area contributed by atoms with Crippen molar-refractivity contribution in [2.45, 2.75) is 32.3 Å². The first kappa shape index (κ1) is 13.4. The molecule has 0 radical (unpaired) electrons. The molecule has 1 saturated heterocycles. The van der Waals surface area contributed by atoms with Gasteiger partial charge in [0, 0.05) is 30.9 Å². The average molecular weight is 249 g/mol. The number of anilines is 1. The average Bonchev–Trinajstić information content (AvgIpc) is 2.46. The quantitative estimate of drug-likeness (QED) is 0.861. The first-order valence-corrected chi connectivity index (χ1v) is 6.89. The Morgan fingerprint density at radius 3 is 2.89 bits per heavy atom. The molecule has 100 valence electrons. The molecule has 1 aliphatic rings. The number of hydrogen-bond donors (Lipinski definition) is 2. The Balaban J connectivity index is 2.21. The fourth-order valence-corrected chi connectivity index (χ4v) is 2.71. The summed E-state index contributed by atoms with van der Waals surface area (Å²) in [5.41, 5.74) is 2.14. The molecule has 0 aromatic heterocycles. The van der Waals surface area contributed by atoms with E-state index in [1.807, 2.05) is 25.1 Å². The third kappa shape index (κ3) is 2.85. The molecular formula is C15H23NO2. The fourth-order valence-electron chi connectivity index (χ4n) is 2.71. The van der Waals surface area contributed by atoms with E-state index in [0.29, 0.717) is 5.92 Å². The molecule has 2 N–H and O–H groups in total. The Labute approximate surface area is 109 Å². The molecule has 0 saturated carbocycles. The van der Waals surface area contributed by atoms with Crippen molar-refractivity contribution in [2.75, 3.05) is 24.6 Å². The lowest BCUT2D eigenvalue weighted by molar-refractivity contribution is 0.173. The molecule has 1 aliphatic heterocycles. The minimum atomic E-state index is -0.393. The van der Waals surface area contributed by atoms with E-state index in [1.54, 1.807) is 0 Å². The SMILES string of the molecule is CC[C@H](O)c1ccccc1N1CCCC(CO)C1. The van der Waals surface area contributed by atoms with Gasteiger partial charge in [0.25, 0.3) is 0 Å². The molecule has 1 fully saturated rings. The maximum absolute atomic E-state index is 10.1. The van der Waals surface area contributed by atoms with Gasteiger partial charge in [0.1, 0.15) is 0 Å². The fraction of sp³-hybridized carbons (Fsp3) is 0.600. The van der Waals surface area contributed by atoms with Crippen LogP contribution in [0.15, 0.2) is 24.3 Å². The minimum Gasteiger partial charge on any atom is -0.396 e. The number of aliphatic hydroxyl groups excluding tert-OH is 2. The molecule has 1 unspecified atom stereocenters. The van der Waals surface area contributed by atoms with Gasteiger partial charge in [0.15, 0.2) is 0 Å². The maximum atomic E-state index is 10.1. The summed E-state index contributed by atoms with van der Waals surface area (Å²) in [6.45, 7) is 4.16. The summed E-state index contributed by atoms with van der Waals surface area (Å²) in [7, 11) is 0. The molecule has 1 heterocycles. The van der Waals surface area contributed by atoms with Crippen molar-refractivity contribution in [3.05, 3.63) is 29.8 Å². The highest BCUT2D eigenvalue weighted by molar-refractivity contribution is 5.55. The van der Waals surface area contributed by atoms with E-state index in [2.05, 4.69) is 11.0 Å². The van der Waals surface area contributed by atoms with Crippen molar-refractivity contribution in [3.63, 3.8) is 0 Å². The van der Waals surface area contributed by atoms with Crippen LogP contribution in [0, 0.1) is 5.92 Å². The molecule has 0 spiro atoms. The normalized spacial score (nSPS) is 21.9. The van der Waals surface area contributed by atoms with E-state index in [1.165, 1.54) is 0 Å². The van der Waals surface area contributed by atoms with Crippen molar-refractivity contribution in [1.82, 2.24) is 0 Å². The van der Waals surface area contributed by atoms with Crippen molar-refractivity contribution in [1.29, 1.82) is 0 Å². The standard InChI is InChI=1S/C15H23NO2/c1-2-15(18)13-7-3-4-8-14(13)16-9-5-6-12(10-16)11-17/h3-4,7-8,12,15,17-18H,2,5-6,9-11H2,1H3/t12?,15-/m0/s1. The highest BCUT2D eigenvalue weighted by Crippen LogP contribution is 2.31. The number of rotatable bonds is 4. The number of para-hydroxylation sites is 1. The molecular weight excluding hydrogens is 226 g/mol. The van der Waals surface area contributed by atoms with E-state index in [4.69, 9.17) is 0 Å².